The minimum atomic E-state index is -0.201. The second-order valence-electron chi connectivity index (χ2n) is 5.40. The zero-order chi connectivity index (χ0) is 14.1. The summed E-state index contributed by atoms with van der Waals surface area (Å²) in [6.07, 6.45) is 1.64. The van der Waals surface area contributed by atoms with Gasteiger partial charge in [-0.3, -0.25) is 0 Å². The van der Waals surface area contributed by atoms with Crippen molar-refractivity contribution >= 4 is 0 Å². The molecule has 1 aliphatic heterocycles. The largest absolute Gasteiger partial charge is 0.490 e. The Bertz CT molecular complexity index is 626. The molecular weight excluding hydrogens is 253 g/mol. The average molecular weight is 271 g/mol. The van der Waals surface area contributed by atoms with Crippen molar-refractivity contribution in [3.05, 3.63) is 65.0 Å². The molecule has 0 aromatic heterocycles. The summed E-state index contributed by atoms with van der Waals surface area (Å²) in [7, 11) is 0. The van der Waals surface area contributed by atoms with Gasteiger partial charge in [-0.2, -0.15) is 0 Å². The highest BCUT2D eigenvalue weighted by atomic mass is 19.1. The number of fused-ring (bicyclic) bond motifs is 1. The molecule has 3 rings (SSSR count). The molecule has 104 valence electrons. The summed E-state index contributed by atoms with van der Waals surface area (Å²) in [5.74, 6) is 0.750. The van der Waals surface area contributed by atoms with Crippen LogP contribution in [0.2, 0.25) is 0 Å². The highest BCUT2D eigenvalue weighted by Gasteiger charge is 2.20. The van der Waals surface area contributed by atoms with Crippen molar-refractivity contribution in [3.63, 3.8) is 0 Å². The topological polar surface area (TPSA) is 35.2 Å². The quantitative estimate of drug-likeness (QED) is 0.928. The summed E-state index contributed by atoms with van der Waals surface area (Å²) >= 11 is 0. The normalized spacial score (nSPS) is 18.4. The van der Waals surface area contributed by atoms with Crippen LogP contribution in [0.1, 0.15) is 29.7 Å². The molecular formula is C17H18FNO. The smallest absolute Gasteiger partial charge is 0.126 e. The van der Waals surface area contributed by atoms with Crippen LogP contribution in [0.15, 0.2) is 42.5 Å². The van der Waals surface area contributed by atoms with Crippen LogP contribution < -0.4 is 10.5 Å². The fraction of sp³-hybridized carbons (Fsp3) is 0.294. The molecule has 0 aliphatic carbocycles. The van der Waals surface area contributed by atoms with Crippen molar-refractivity contribution in [2.24, 2.45) is 5.73 Å². The maximum absolute atomic E-state index is 13.7. The van der Waals surface area contributed by atoms with Crippen LogP contribution in [0.4, 0.5) is 4.39 Å². The zero-order valence-electron chi connectivity index (χ0n) is 11.5. The first-order valence-electron chi connectivity index (χ1n) is 6.92. The Morgan fingerprint density at radius 2 is 2.10 bits per heavy atom. The fourth-order valence-electron chi connectivity index (χ4n) is 2.69. The van der Waals surface area contributed by atoms with Crippen molar-refractivity contribution in [1.82, 2.24) is 0 Å². The Labute approximate surface area is 118 Å². The first-order chi connectivity index (χ1) is 9.63. The molecule has 2 unspecified atom stereocenters. The van der Waals surface area contributed by atoms with Crippen molar-refractivity contribution in [3.8, 4) is 5.75 Å². The SMILES string of the molecule is CC1Cc2cc(C(N)Cc3ccccc3F)ccc2O1. The Morgan fingerprint density at radius 3 is 2.90 bits per heavy atom. The zero-order valence-corrected chi connectivity index (χ0v) is 11.5. The molecule has 1 aliphatic rings. The number of nitrogens with two attached hydrogens (primary N) is 1. The minimum absolute atomic E-state index is 0.193. The van der Waals surface area contributed by atoms with Crippen LogP contribution in [-0.2, 0) is 12.8 Å². The van der Waals surface area contributed by atoms with Gasteiger partial charge in [0.15, 0.2) is 0 Å². The number of ether oxygens (including phenoxy) is 1. The van der Waals surface area contributed by atoms with Gasteiger partial charge >= 0.3 is 0 Å². The molecule has 0 spiro atoms. The molecule has 2 nitrogen and oxygen atoms in total. The molecule has 0 saturated heterocycles. The molecule has 0 fully saturated rings. The van der Waals surface area contributed by atoms with Crippen molar-refractivity contribution in [2.75, 3.05) is 0 Å². The van der Waals surface area contributed by atoms with Crippen LogP contribution in [0.3, 0.4) is 0 Å². The van der Waals surface area contributed by atoms with E-state index >= 15 is 0 Å². The molecule has 0 radical (unpaired) electrons. The van der Waals surface area contributed by atoms with Gasteiger partial charge in [-0.1, -0.05) is 30.3 Å². The van der Waals surface area contributed by atoms with Crippen LogP contribution >= 0.6 is 0 Å². The Morgan fingerprint density at radius 1 is 1.30 bits per heavy atom. The van der Waals surface area contributed by atoms with E-state index in [4.69, 9.17) is 10.5 Å². The van der Waals surface area contributed by atoms with Crippen molar-refractivity contribution in [1.29, 1.82) is 0 Å². The van der Waals surface area contributed by atoms with E-state index in [2.05, 4.69) is 13.0 Å². The molecule has 1 heterocycles. The van der Waals surface area contributed by atoms with E-state index in [-0.39, 0.29) is 18.0 Å². The van der Waals surface area contributed by atoms with Gasteiger partial charge in [0.05, 0.1) is 0 Å². The third-order valence-electron chi connectivity index (χ3n) is 3.75. The van der Waals surface area contributed by atoms with Gasteiger partial charge in [0.25, 0.3) is 0 Å². The van der Waals surface area contributed by atoms with Crippen molar-refractivity contribution in [2.45, 2.75) is 31.9 Å². The second kappa shape index (κ2) is 5.25. The van der Waals surface area contributed by atoms with Crippen LogP contribution in [0, 0.1) is 5.82 Å². The summed E-state index contributed by atoms with van der Waals surface area (Å²) in [6, 6.07) is 12.6. The average Bonchev–Trinajstić information content (AvgIpc) is 2.80. The maximum atomic E-state index is 13.7. The first kappa shape index (κ1) is 13.1. The maximum Gasteiger partial charge on any atom is 0.126 e. The predicted molar refractivity (Wildman–Crippen MR) is 77.3 cm³/mol. The van der Waals surface area contributed by atoms with Gasteiger partial charge in [-0.05, 0) is 42.2 Å². The molecule has 2 aromatic carbocycles. The molecule has 2 atom stereocenters. The Hall–Kier alpha value is -1.87. The van der Waals surface area contributed by atoms with Gasteiger partial charge in [0.2, 0.25) is 0 Å². The lowest BCUT2D eigenvalue weighted by atomic mass is 9.97. The molecule has 0 saturated carbocycles. The van der Waals surface area contributed by atoms with E-state index in [0.29, 0.717) is 12.0 Å². The molecule has 3 heteroatoms. The molecule has 0 bridgehead atoms. The van der Waals surface area contributed by atoms with E-state index in [9.17, 15) is 4.39 Å². The molecule has 20 heavy (non-hydrogen) atoms. The first-order valence-corrected chi connectivity index (χ1v) is 6.92. The van der Waals surface area contributed by atoms with Crippen LogP contribution in [-0.4, -0.2) is 6.10 Å². The molecule has 2 aromatic rings. The predicted octanol–water partition coefficient (Wildman–Crippen LogP) is 3.39. The lowest BCUT2D eigenvalue weighted by molar-refractivity contribution is 0.254. The number of benzene rings is 2. The highest BCUT2D eigenvalue weighted by molar-refractivity contribution is 5.41. The van der Waals surface area contributed by atoms with Gasteiger partial charge in [-0.15, -0.1) is 0 Å². The van der Waals surface area contributed by atoms with E-state index < -0.39 is 0 Å². The number of halogens is 1. The fourth-order valence-corrected chi connectivity index (χ4v) is 2.69. The van der Waals surface area contributed by atoms with Crippen LogP contribution in [0.25, 0.3) is 0 Å². The minimum Gasteiger partial charge on any atom is -0.490 e. The monoisotopic (exact) mass is 271 g/mol. The third-order valence-corrected chi connectivity index (χ3v) is 3.75. The number of rotatable bonds is 3. The van der Waals surface area contributed by atoms with E-state index in [1.54, 1.807) is 12.1 Å². The Kier molecular flexibility index (Phi) is 3.45. The lowest BCUT2D eigenvalue weighted by Crippen LogP contribution is -2.14. The highest BCUT2D eigenvalue weighted by Crippen LogP contribution is 2.31. The molecule has 0 amide bonds. The number of hydrogen-bond donors (Lipinski definition) is 1. The second-order valence-corrected chi connectivity index (χ2v) is 5.40. The Balaban J connectivity index is 1.80. The van der Waals surface area contributed by atoms with Gasteiger partial charge in [0.1, 0.15) is 17.7 Å². The van der Waals surface area contributed by atoms with Gasteiger partial charge < -0.3 is 10.5 Å². The van der Waals surface area contributed by atoms with Gasteiger partial charge in [0, 0.05) is 12.5 Å². The summed E-state index contributed by atoms with van der Waals surface area (Å²) in [6.45, 7) is 2.05. The van der Waals surface area contributed by atoms with E-state index in [0.717, 1.165) is 17.7 Å². The summed E-state index contributed by atoms with van der Waals surface area (Å²) < 4.78 is 19.3. The summed E-state index contributed by atoms with van der Waals surface area (Å²) in [5.41, 5.74) is 9.10. The van der Waals surface area contributed by atoms with Gasteiger partial charge in [-0.25, -0.2) is 4.39 Å². The van der Waals surface area contributed by atoms with E-state index in [1.165, 1.54) is 11.6 Å². The van der Waals surface area contributed by atoms with E-state index in [1.807, 2.05) is 18.2 Å². The van der Waals surface area contributed by atoms with Crippen molar-refractivity contribution < 1.29 is 9.13 Å². The summed E-state index contributed by atoms with van der Waals surface area (Å²) in [4.78, 5) is 0. The third kappa shape index (κ3) is 2.54. The molecule has 2 N–H and O–H groups in total. The standard InChI is InChI=1S/C17H18FNO/c1-11-8-14-9-13(6-7-17(14)20-11)16(19)10-12-4-2-3-5-15(12)18/h2-7,9,11,16H,8,10,19H2,1H3. The summed E-state index contributed by atoms with van der Waals surface area (Å²) in [5, 5.41) is 0. The van der Waals surface area contributed by atoms with Crippen LogP contribution in [0.5, 0.6) is 5.75 Å². The lowest BCUT2D eigenvalue weighted by Gasteiger charge is -2.13. The number of hydrogen-bond acceptors (Lipinski definition) is 2.